The van der Waals surface area contributed by atoms with Crippen LogP contribution in [0.4, 0.5) is 0 Å². The first-order valence-corrected chi connectivity index (χ1v) is 5.08. The van der Waals surface area contributed by atoms with Gasteiger partial charge >= 0.3 is 0 Å². The van der Waals surface area contributed by atoms with E-state index in [4.69, 9.17) is 5.26 Å². The lowest BCUT2D eigenvalue weighted by atomic mass is 9.64. The van der Waals surface area contributed by atoms with Gasteiger partial charge in [0, 0.05) is 5.92 Å². The summed E-state index contributed by atoms with van der Waals surface area (Å²) >= 11 is 0. The number of ketones is 1. The van der Waals surface area contributed by atoms with Gasteiger partial charge in [0.2, 0.25) is 0 Å². The molecule has 13 heavy (non-hydrogen) atoms. The molecule has 0 bridgehead atoms. The molecule has 0 radical (unpaired) electrons. The first-order chi connectivity index (χ1) is 6.16. The monoisotopic (exact) mass is 179 g/mol. The van der Waals surface area contributed by atoms with E-state index in [2.05, 4.69) is 6.07 Å². The van der Waals surface area contributed by atoms with Gasteiger partial charge in [-0.15, -0.1) is 0 Å². The van der Waals surface area contributed by atoms with E-state index < -0.39 is 0 Å². The van der Waals surface area contributed by atoms with Gasteiger partial charge in [-0.3, -0.25) is 4.79 Å². The molecule has 2 heteroatoms. The predicted octanol–water partition coefficient (Wildman–Crippen LogP) is 2.69. The van der Waals surface area contributed by atoms with Gasteiger partial charge in [-0.05, 0) is 26.2 Å². The van der Waals surface area contributed by atoms with Crippen molar-refractivity contribution < 1.29 is 4.79 Å². The summed E-state index contributed by atoms with van der Waals surface area (Å²) in [5, 5.41) is 9.16. The number of carbonyl (C=O) groups is 1. The zero-order valence-corrected chi connectivity index (χ0v) is 8.47. The van der Waals surface area contributed by atoms with Crippen LogP contribution < -0.4 is 0 Å². The van der Waals surface area contributed by atoms with Crippen molar-refractivity contribution in [1.82, 2.24) is 0 Å². The number of hydrogen-bond donors (Lipinski definition) is 0. The summed E-state index contributed by atoms with van der Waals surface area (Å²) in [6.07, 6.45) is 4.84. The second-order valence-corrected chi connectivity index (χ2v) is 4.03. The number of Topliss-reactive ketones (excluding diaryl/α,β-unsaturated/α-hetero) is 1. The molecule has 1 aliphatic rings. The second kappa shape index (κ2) is 3.91. The molecule has 0 aromatic carbocycles. The standard InChI is InChI=1S/C11H17NO/c1-3-11(8-12)7-5-4-6-10(11)9(2)13/h10H,3-7H2,1-2H3. The highest BCUT2D eigenvalue weighted by molar-refractivity contribution is 5.79. The molecule has 1 aliphatic carbocycles. The third-order valence-corrected chi connectivity index (χ3v) is 3.38. The Hall–Kier alpha value is -0.840. The van der Waals surface area contributed by atoms with E-state index in [1.807, 2.05) is 6.92 Å². The lowest BCUT2D eigenvalue weighted by molar-refractivity contribution is -0.125. The summed E-state index contributed by atoms with van der Waals surface area (Å²) in [4.78, 5) is 11.4. The predicted molar refractivity (Wildman–Crippen MR) is 51.0 cm³/mol. The van der Waals surface area contributed by atoms with Crippen LogP contribution in [0.15, 0.2) is 0 Å². The van der Waals surface area contributed by atoms with Crippen LogP contribution in [-0.4, -0.2) is 5.78 Å². The third kappa shape index (κ3) is 1.75. The molecule has 0 N–H and O–H groups in total. The smallest absolute Gasteiger partial charge is 0.134 e. The van der Waals surface area contributed by atoms with Crippen LogP contribution in [0.3, 0.4) is 0 Å². The van der Waals surface area contributed by atoms with Crippen LogP contribution in [0.1, 0.15) is 46.0 Å². The van der Waals surface area contributed by atoms with Crippen LogP contribution in [0.2, 0.25) is 0 Å². The van der Waals surface area contributed by atoms with Crippen molar-refractivity contribution in [1.29, 1.82) is 5.26 Å². The maximum atomic E-state index is 11.4. The summed E-state index contributed by atoms with van der Waals surface area (Å²) in [5.41, 5.74) is -0.343. The van der Waals surface area contributed by atoms with Gasteiger partial charge in [0.15, 0.2) is 0 Å². The number of rotatable bonds is 2. The van der Waals surface area contributed by atoms with Crippen LogP contribution in [0.25, 0.3) is 0 Å². The summed E-state index contributed by atoms with van der Waals surface area (Å²) in [6, 6.07) is 2.38. The normalized spacial score (nSPS) is 33.8. The zero-order valence-electron chi connectivity index (χ0n) is 8.47. The maximum Gasteiger partial charge on any atom is 0.134 e. The Kier molecular flexibility index (Phi) is 3.08. The van der Waals surface area contributed by atoms with Crippen LogP contribution in [0.5, 0.6) is 0 Å². The molecule has 1 fully saturated rings. The van der Waals surface area contributed by atoms with E-state index >= 15 is 0 Å². The Bertz CT molecular complexity index is 241. The lowest BCUT2D eigenvalue weighted by Crippen LogP contribution is -2.36. The van der Waals surface area contributed by atoms with Crippen molar-refractivity contribution in [2.75, 3.05) is 0 Å². The molecule has 2 nitrogen and oxygen atoms in total. The maximum absolute atomic E-state index is 11.4. The van der Waals surface area contributed by atoms with E-state index in [0.29, 0.717) is 0 Å². The van der Waals surface area contributed by atoms with Crippen LogP contribution >= 0.6 is 0 Å². The Morgan fingerprint density at radius 3 is 2.69 bits per heavy atom. The quantitative estimate of drug-likeness (QED) is 0.654. The van der Waals surface area contributed by atoms with Gasteiger partial charge in [0.1, 0.15) is 5.78 Å². The Balaban J connectivity index is 2.89. The molecule has 72 valence electrons. The molecule has 0 spiro atoms. The molecule has 1 saturated carbocycles. The number of nitrogens with zero attached hydrogens (tertiary/aromatic N) is 1. The van der Waals surface area contributed by atoms with Crippen molar-refractivity contribution in [2.45, 2.75) is 46.0 Å². The van der Waals surface area contributed by atoms with E-state index in [0.717, 1.165) is 32.1 Å². The minimum absolute atomic E-state index is 0.00347. The Morgan fingerprint density at radius 2 is 2.31 bits per heavy atom. The largest absolute Gasteiger partial charge is 0.300 e. The minimum atomic E-state index is -0.343. The average molecular weight is 179 g/mol. The summed E-state index contributed by atoms with van der Waals surface area (Å²) < 4.78 is 0. The highest BCUT2D eigenvalue weighted by Crippen LogP contribution is 2.43. The SMILES string of the molecule is CCC1(C#N)CCCCC1C(C)=O. The molecule has 0 heterocycles. The lowest BCUT2D eigenvalue weighted by Gasteiger charge is -2.36. The average Bonchev–Trinajstić information content (AvgIpc) is 2.17. The molecule has 1 rings (SSSR count). The number of hydrogen-bond acceptors (Lipinski definition) is 2. The Morgan fingerprint density at radius 1 is 1.62 bits per heavy atom. The first kappa shape index (κ1) is 10.2. The molecule has 0 aromatic heterocycles. The van der Waals surface area contributed by atoms with Crippen LogP contribution in [0, 0.1) is 22.7 Å². The molecular weight excluding hydrogens is 162 g/mol. The fraction of sp³-hybridized carbons (Fsp3) is 0.818. The van der Waals surface area contributed by atoms with E-state index in [-0.39, 0.29) is 17.1 Å². The van der Waals surface area contributed by atoms with Gasteiger partial charge in [0.05, 0.1) is 11.5 Å². The van der Waals surface area contributed by atoms with Crippen LogP contribution in [-0.2, 0) is 4.79 Å². The van der Waals surface area contributed by atoms with Gasteiger partial charge in [-0.2, -0.15) is 5.26 Å². The molecule has 0 aromatic rings. The van der Waals surface area contributed by atoms with E-state index in [1.54, 1.807) is 6.92 Å². The van der Waals surface area contributed by atoms with Gasteiger partial charge < -0.3 is 0 Å². The van der Waals surface area contributed by atoms with Crippen molar-refractivity contribution in [3.8, 4) is 6.07 Å². The van der Waals surface area contributed by atoms with Crippen molar-refractivity contribution in [2.24, 2.45) is 11.3 Å². The third-order valence-electron chi connectivity index (χ3n) is 3.38. The number of nitriles is 1. The zero-order chi connectivity index (χ0) is 9.90. The van der Waals surface area contributed by atoms with Gasteiger partial charge in [0.25, 0.3) is 0 Å². The van der Waals surface area contributed by atoms with Crippen molar-refractivity contribution in [3.05, 3.63) is 0 Å². The van der Waals surface area contributed by atoms with Gasteiger partial charge in [-0.25, -0.2) is 0 Å². The van der Waals surface area contributed by atoms with E-state index in [9.17, 15) is 4.79 Å². The van der Waals surface area contributed by atoms with Crippen molar-refractivity contribution >= 4 is 5.78 Å². The molecule has 0 saturated heterocycles. The fourth-order valence-corrected chi connectivity index (χ4v) is 2.47. The molecule has 2 atom stereocenters. The molecule has 2 unspecified atom stereocenters. The molecular formula is C11H17NO. The first-order valence-electron chi connectivity index (χ1n) is 5.08. The molecule has 0 amide bonds. The summed E-state index contributed by atoms with van der Waals surface area (Å²) in [6.45, 7) is 3.64. The number of carbonyl (C=O) groups excluding carboxylic acids is 1. The van der Waals surface area contributed by atoms with Gasteiger partial charge in [-0.1, -0.05) is 19.8 Å². The summed E-state index contributed by atoms with van der Waals surface area (Å²) in [7, 11) is 0. The molecule has 0 aliphatic heterocycles. The van der Waals surface area contributed by atoms with Crippen molar-refractivity contribution in [3.63, 3.8) is 0 Å². The minimum Gasteiger partial charge on any atom is -0.300 e. The summed E-state index contributed by atoms with van der Waals surface area (Å²) in [5.74, 6) is 0.194. The Labute approximate surface area is 79.9 Å². The fourth-order valence-electron chi connectivity index (χ4n) is 2.47. The van der Waals surface area contributed by atoms with E-state index in [1.165, 1.54) is 0 Å². The topological polar surface area (TPSA) is 40.9 Å². The highest BCUT2D eigenvalue weighted by Gasteiger charge is 2.41. The second-order valence-electron chi connectivity index (χ2n) is 4.03. The highest BCUT2D eigenvalue weighted by atomic mass is 16.1.